The van der Waals surface area contributed by atoms with Crippen molar-refractivity contribution in [2.45, 2.75) is 50.6 Å². The quantitative estimate of drug-likeness (QED) is 0.346. The standard InChI is InChI=1S/C29H34N2O2S/c1-3-19-30-29(33)27(21-24-13-6-4-7-14-24)31(22-25-15-11-10-12-23(25)2)28(32)18-20-34-26-16-8-5-9-17-26/h4-17,27H,3,18-22H2,1-2H3,(H,30,33). The summed E-state index contributed by atoms with van der Waals surface area (Å²) in [5.41, 5.74) is 3.22. The van der Waals surface area contributed by atoms with E-state index >= 15 is 0 Å². The van der Waals surface area contributed by atoms with Crippen molar-refractivity contribution in [1.29, 1.82) is 0 Å². The maximum absolute atomic E-state index is 13.6. The van der Waals surface area contributed by atoms with Gasteiger partial charge >= 0.3 is 0 Å². The Morgan fingerprint density at radius 2 is 1.56 bits per heavy atom. The summed E-state index contributed by atoms with van der Waals surface area (Å²) < 4.78 is 0. The highest BCUT2D eigenvalue weighted by Crippen LogP contribution is 2.21. The zero-order valence-corrected chi connectivity index (χ0v) is 20.9. The van der Waals surface area contributed by atoms with Gasteiger partial charge in [-0.2, -0.15) is 0 Å². The van der Waals surface area contributed by atoms with Gasteiger partial charge in [0.2, 0.25) is 11.8 Å². The van der Waals surface area contributed by atoms with Crippen LogP contribution in [-0.2, 0) is 22.6 Å². The average molecular weight is 475 g/mol. The highest BCUT2D eigenvalue weighted by atomic mass is 32.2. The molecule has 0 spiro atoms. The van der Waals surface area contributed by atoms with Crippen molar-refractivity contribution in [3.63, 3.8) is 0 Å². The predicted octanol–water partition coefficient (Wildman–Crippen LogP) is 5.64. The van der Waals surface area contributed by atoms with Gasteiger partial charge in [0.1, 0.15) is 6.04 Å². The number of thioether (sulfide) groups is 1. The van der Waals surface area contributed by atoms with Gasteiger partial charge in [-0.3, -0.25) is 9.59 Å². The summed E-state index contributed by atoms with van der Waals surface area (Å²) in [7, 11) is 0. The molecule has 3 rings (SSSR count). The Hall–Kier alpha value is -3.05. The van der Waals surface area contributed by atoms with Gasteiger partial charge in [0.05, 0.1) is 0 Å². The fourth-order valence-electron chi connectivity index (χ4n) is 3.81. The van der Waals surface area contributed by atoms with E-state index in [-0.39, 0.29) is 11.8 Å². The molecule has 0 bridgehead atoms. The van der Waals surface area contributed by atoms with Crippen LogP contribution in [0.1, 0.15) is 36.5 Å². The zero-order valence-electron chi connectivity index (χ0n) is 20.1. The molecule has 5 heteroatoms. The van der Waals surface area contributed by atoms with Crippen LogP contribution in [0, 0.1) is 6.92 Å². The molecule has 0 aliphatic carbocycles. The summed E-state index contributed by atoms with van der Waals surface area (Å²) >= 11 is 1.67. The minimum Gasteiger partial charge on any atom is -0.354 e. The van der Waals surface area contributed by atoms with Crippen molar-refractivity contribution in [2.75, 3.05) is 12.3 Å². The Bertz CT molecular complexity index is 1040. The number of rotatable bonds is 12. The first-order valence-corrected chi connectivity index (χ1v) is 12.9. The zero-order chi connectivity index (χ0) is 24.2. The number of hydrogen-bond acceptors (Lipinski definition) is 3. The monoisotopic (exact) mass is 474 g/mol. The molecule has 4 nitrogen and oxygen atoms in total. The van der Waals surface area contributed by atoms with Gasteiger partial charge in [-0.05, 0) is 42.2 Å². The van der Waals surface area contributed by atoms with E-state index in [9.17, 15) is 9.59 Å². The normalized spacial score (nSPS) is 11.6. The number of carbonyl (C=O) groups is 2. The fourth-order valence-corrected chi connectivity index (χ4v) is 4.67. The van der Waals surface area contributed by atoms with Crippen molar-refractivity contribution in [3.05, 3.63) is 102 Å². The summed E-state index contributed by atoms with van der Waals surface area (Å²) in [4.78, 5) is 29.8. The van der Waals surface area contributed by atoms with E-state index in [0.29, 0.717) is 31.7 Å². The smallest absolute Gasteiger partial charge is 0.243 e. The Balaban J connectivity index is 1.84. The van der Waals surface area contributed by atoms with Gasteiger partial charge in [0, 0.05) is 36.6 Å². The first kappa shape index (κ1) is 25.6. The number of amides is 2. The van der Waals surface area contributed by atoms with Crippen LogP contribution in [0.2, 0.25) is 0 Å². The maximum atomic E-state index is 13.6. The van der Waals surface area contributed by atoms with Crippen molar-refractivity contribution >= 4 is 23.6 Å². The predicted molar refractivity (Wildman–Crippen MR) is 141 cm³/mol. The number of carbonyl (C=O) groups excluding carboxylic acids is 2. The third-order valence-electron chi connectivity index (χ3n) is 5.75. The summed E-state index contributed by atoms with van der Waals surface area (Å²) in [6, 6.07) is 27.5. The van der Waals surface area contributed by atoms with E-state index in [1.807, 2.05) is 86.6 Å². The van der Waals surface area contributed by atoms with Gasteiger partial charge in [0.15, 0.2) is 0 Å². The molecule has 0 fully saturated rings. The molecule has 178 valence electrons. The lowest BCUT2D eigenvalue weighted by Crippen LogP contribution is -2.50. The second kappa shape index (κ2) is 13.6. The molecular formula is C29H34N2O2S. The Labute approximate surface area is 207 Å². The number of aryl methyl sites for hydroxylation is 1. The summed E-state index contributed by atoms with van der Waals surface area (Å²) in [6.45, 7) is 5.09. The lowest BCUT2D eigenvalue weighted by atomic mass is 10.0. The fraction of sp³-hybridized carbons (Fsp3) is 0.310. The van der Waals surface area contributed by atoms with Gasteiger partial charge in [-0.15, -0.1) is 11.8 Å². The van der Waals surface area contributed by atoms with Crippen molar-refractivity contribution in [3.8, 4) is 0 Å². The number of benzene rings is 3. The highest BCUT2D eigenvalue weighted by Gasteiger charge is 2.30. The number of nitrogens with zero attached hydrogens (tertiary/aromatic N) is 1. The van der Waals surface area contributed by atoms with Crippen LogP contribution in [0.5, 0.6) is 0 Å². The van der Waals surface area contributed by atoms with Crippen molar-refractivity contribution in [2.24, 2.45) is 0 Å². The molecule has 0 aliphatic rings. The minimum atomic E-state index is -0.567. The largest absolute Gasteiger partial charge is 0.354 e. The SMILES string of the molecule is CCCNC(=O)C(Cc1ccccc1)N(Cc1ccccc1C)C(=O)CCSc1ccccc1. The molecule has 0 aliphatic heterocycles. The van der Waals surface area contributed by atoms with E-state index in [1.54, 1.807) is 16.7 Å². The van der Waals surface area contributed by atoms with Gasteiger partial charge < -0.3 is 10.2 Å². The van der Waals surface area contributed by atoms with E-state index in [2.05, 4.69) is 17.4 Å². The van der Waals surface area contributed by atoms with Crippen LogP contribution < -0.4 is 5.32 Å². The molecule has 1 N–H and O–H groups in total. The molecule has 3 aromatic rings. The molecule has 0 heterocycles. The van der Waals surface area contributed by atoms with Crippen LogP contribution in [0.4, 0.5) is 0 Å². The van der Waals surface area contributed by atoms with Gasteiger partial charge in [0.25, 0.3) is 0 Å². The highest BCUT2D eigenvalue weighted by molar-refractivity contribution is 7.99. The second-order valence-electron chi connectivity index (χ2n) is 8.36. The maximum Gasteiger partial charge on any atom is 0.243 e. The third kappa shape index (κ3) is 7.77. The van der Waals surface area contributed by atoms with E-state index in [4.69, 9.17) is 0 Å². The first-order chi connectivity index (χ1) is 16.6. The van der Waals surface area contributed by atoms with Crippen LogP contribution >= 0.6 is 11.8 Å². The van der Waals surface area contributed by atoms with Gasteiger partial charge in [-0.25, -0.2) is 0 Å². The number of hydrogen-bond donors (Lipinski definition) is 1. The molecule has 3 aromatic carbocycles. The van der Waals surface area contributed by atoms with Crippen LogP contribution in [0.15, 0.2) is 89.8 Å². The molecule has 0 aromatic heterocycles. The topological polar surface area (TPSA) is 49.4 Å². The van der Waals surface area contributed by atoms with Gasteiger partial charge in [-0.1, -0.05) is 79.7 Å². The van der Waals surface area contributed by atoms with Crippen LogP contribution in [-0.4, -0.2) is 35.1 Å². The van der Waals surface area contributed by atoms with E-state index in [0.717, 1.165) is 28.0 Å². The molecule has 1 atom stereocenters. The molecule has 2 amide bonds. The number of nitrogens with one attached hydrogen (secondary N) is 1. The molecule has 0 saturated heterocycles. The summed E-state index contributed by atoms with van der Waals surface area (Å²) in [5.74, 6) is 0.574. The Morgan fingerprint density at radius 1 is 0.912 bits per heavy atom. The van der Waals surface area contributed by atoms with E-state index < -0.39 is 6.04 Å². The molecular weight excluding hydrogens is 440 g/mol. The first-order valence-electron chi connectivity index (χ1n) is 11.9. The summed E-state index contributed by atoms with van der Waals surface area (Å²) in [5, 5.41) is 3.03. The Kier molecular flexibility index (Phi) is 10.2. The van der Waals surface area contributed by atoms with Crippen molar-refractivity contribution in [1.82, 2.24) is 10.2 Å². The average Bonchev–Trinajstić information content (AvgIpc) is 2.87. The Morgan fingerprint density at radius 3 is 2.24 bits per heavy atom. The molecule has 1 unspecified atom stereocenters. The lowest BCUT2D eigenvalue weighted by Gasteiger charge is -2.32. The minimum absolute atomic E-state index is 0.000682. The molecule has 34 heavy (non-hydrogen) atoms. The molecule has 0 saturated carbocycles. The van der Waals surface area contributed by atoms with Crippen LogP contribution in [0.3, 0.4) is 0 Å². The molecule has 0 radical (unpaired) electrons. The van der Waals surface area contributed by atoms with Crippen molar-refractivity contribution < 1.29 is 9.59 Å². The summed E-state index contributed by atoms with van der Waals surface area (Å²) in [6.07, 6.45) is 1.71. The van der Waals surface area contributed by atoms with E-state index in [1.165, 1.54) is 0 Å². The van der Waals surface area contributed by atoms with Crippen LogP contribution in [0.25, 0.3) is 0 Å². The second-order valence-corrected chi connectivity index (χ2v) is 9.52. The lowest BCUT2D eigenvalue weighted by molar-refractivity contribution is -0.141. The third-order valence-corrected chi connectivity index (χ3v) is 6.76.